The maximum absolute atomic E-state index is 10.7. The van der Waals surface area contributed by atoms with Gasteiger partial charge in [0.2, 0.25) is 0 Å². The number of nitro groups is 1. The molecule has 0 bridgehead atoms. The molecule has 2 rings (SSSR count). The molecular formula is C9H7N3O2. The summed E-state index contributed by atoms with van der Waals surface area (Å²) in [6.07, 6.45) is 1.59. The van der Waals surface area contributed by atoms with Crippen molar-refractivity contribution in [3.05, 3.63) is 40.2 Å². The second kappa shape index (κ2) is 3.02. The lowest BCUT2D eigenvalue weighted by molar-refractivity contribution is -0.383. The highest BCUT2D eigenvalue weighted by Gasteiger charge is 2.12. The zero-order chi connectivity index (χ0) is 10.1. The highest BCUT2D eigenvalue weighted by atomic mass is 16.6. The van der Waals surface area contributed by atoms with Crippen molar-refractivity contribution in [1.82, 2.24) is 9.97 Å². The Morgan fingerprint density at radius 1 is 1.43 bits per heavy atom. The maximum atomic E-state index is 10.7. The van der Waals surface area contributed by atoms with Gasteiger partial charge in [-0.3, -0.25) is 15.1 Å². The zero-order valence-electron chi connectivity index (χ0n) is 7.47. The first-order valence-corrected chi connectivity index (χ1v) is 4.05. The first-order valence-electron chi connectivity index (χ1n) is 4.05. The number of aryl methyl sites for hydroxylation is 1. The summed E-state index contributed by atoms with van der Waals surface area (Å²) < 4.78 is 0. The van der Waals surface area contributed by atoms with Crippen LogP contribution < -0.4 is 0 Å². The van der Waals surface area contributed by atoms with E-state index in [1.54, 1.807) is 25.3 Å². The van der Waals surface area contributed by atoms with E-state index in [4.69, 9.17) is 0 Å². The average molecular weight is 189 g/mol. The lowest BCUT2D eigenvalue weighted by Gasteiger charge is -1.98. The molecule has 1 aromatic carbocycles. The monoisotopic (exact) mass is 189 g/mol. The second-order valence-corrected chi connectivity index (χ2v) is 2.91. The van der Waals surface area contributed by atoms with Crippen LogP contribution in [-0.2, 0) is 0 Å². The van der Waals surface area contributed by atoms with Crippen molar-refractivity contribution in [1.29, 1.82) is 0 Å². The van der Waals surface area contributed by atoms with Crippen LogP contribution in [0, 0.1) is 17.0 Å². The zero-order valence-corrected chi connectivity index (χ0v) is 7.47. The summed E-state index contributed by atoms with van der Waals surface area (Å²) in [6.45, 7) is 1.75. The van der Waals surface area contributed by atoms with Crippen LogP contribution in [0.3, 0.4) is 0 Å². The molecular weight excluding hydrogens is 182 g/mol. The van der Waals surface area contributed by atoms with Gasteiger partial charge in [0, 0.05) is 12.3 Å². The SMILES string of the molecule is Cc1cnc2cccc([N+](=O)[O-])c2n1. The molecule has 0 unspecified atom stereocenters. The Labute approximate surface area is 79.6 Å². The van der Waals surface area contributed by atoms with Gasteiger partial charge in [0.15, 0.2) is 5.52 Å². The molecule has 0 spiro atoms. The maximum Gasteiger partial charge on any atom is 0.297 e. The van der Waals surface area contributed by atoms with Gasteiger partial charge in [-0.25, -0.2) is 4.98 Å². The molecule has 2 aromatic rings. The summed E-state index contributed by atoms with van der Waals surface area (Å²) >= 11 is 0. The third-order valence-corrected chi connectivity index (χ3v) is 1.87. The normalized spacial score (nSPS) is 10.4. The number of nitrogens with zero attached hydrogens (tertiary/aromatic N) is 3. The van der Waals surface area contributed by atoms with Crippen LogP contribution in [0.2, 0.25) is 0 Å². The van der Waals surface area contributed by atoms with Crippen molar-refractivity contribution in [3.8, 4) is 0 Å². The van der Waals surface area contributed by atoms with E-state index in [1.807, 2.05) is 0 Å². The number of hydrogen-bond donors (Lipinski definition) is 0. The largest absolute Gasteiger partial charge is 0.297 e. The van der Waals surface area contributed by atoms with Crippen molar-refractivity contribution < 1.29 is 4.92 Å². The molecule has 0 saturated heterocycles. The smallest absolute Gasteiger partial charge is 0.258 e. The molecule has 70 valence electrons. The van der Waals surface area contributed by atoms with Gasteiger partial charge in [0.05, 0.1) is 16.1 Å². The summed E-state index contributed by atoms with van der Waals surface area (Å²) in [4.78, 5) is 18.4. The molecule has 1 aromatic heterocycles. The Morgan fingerprint density at radius 2 is 2.21 bits per heavy atom. The summed E-state index contributed by atoms with van der Waals surface area (Å²) in [5.41, 5.74) is 1.56. The van der Waals surface area contributed by atoms with E-state index in [9.17, 15) is 10.1 Å². The predicted molar refractivity (Wildman–Crippen MR) is 50.9 cm³/mol. The second-order valence-electron chi connectivity index (χ2n) is 2.91. The standard InChI is InChI=1S/C9H7N3O2/c1-6-5-10-7-3-2-4-8(12(13)14)9(7)11-6/h2-5H,1H3. The van der Waals surface area contributed by atoms with Gasteiger partial charge in [-0.1, -0.05) is 6.07 Å². The van der Waals surface area contributed by atoms with Gasteiger partial charge >= 0.3 is 0 Å². The fourth-order valence-electron chi connectivity index (χ4n) is 1.25. The van der Waals surface area contributed by atoms with Gasteiger partial charge in [0.1, 0.15) is 0 Å². The van der Waals surface area contributed by atoms with Gasteiger partial charge < -0.3 is 0 Å². The van der Waals surface area contributed by atoms with Crippen LogP contribution in [-0.4, -0.2) is 14.9 Å². The molecule has 0 aliphatic rings. The van der Waals surface area contributed by atoms with Crippen LogP contribution in [0.1, 0.15) is 5.69 Å². The number of hydrogen-bond acceptors (Lipinski definition) is 4. The summed E-state index contributed by atoms with van der Waals surface area (Å²) in [7, 11) is 0. The fraction of sp³-hybridized carbons (Fsp3) is 0.111. The molecule has 5 nitrogen and oxygen atoms in total. The lowest BCUT2D eigenvalue weighted by atomic mass is 10.2. The molecule has 0 atom stereocenters. The summed E-state index contributed by atoms with van der Waals surface area (Å²) in [5.74, 6) is 0. The Kier molecular flexibility index (Phi) is 1.85. The van der Waals surface area contributed by atoms with E-state index in [2.05, 4.69) is 9.97 Å². The Morgan fingerprint density at radius 3 is 2.93 bits per heavy atom. The lowest BCUT2D eigenvalue weighted by Crippen LogP contribution is -1.94. The van der Waals surface area contributed by atoms with E-state index in [-0.39, 0.29) is 5.69 Å². The minimum Gasteiger partial charge on any atom is -0.258 e. The van der Waals surface area contributed by atoms with Crippen molar-refractivity contribution >= 4 is 16.7 Å². The number of benzene rings is 1. The number of para-hydroxylation sites is 1. The van der Waals surface area contributed by atoms with E-state index in [1.165, 1.54) is 6.07 Å². The molecule has 0 aliphatic heterocycles. The quantitative estimate of drug-likeness (QED) is 0.507. The molecule has 1 heterocycles. The number of non-ortho nitro benzene ring substituents is 1. The third kappa shape index (κ3) is 1.28. The topological polar surface area (TPSA) is 68.9 Å². The molecule has 14 heavy (non-hydrogen) atoms. The first kappa shape index (κ1) is 8.55. The van der Waals surface area contributed by atoms with Crippen molar-refractivity contribution in [3.63, 3.8) is 0 Å². The average Bonchev–Trinajstić information content (AvgIpc) is 2.16. The molecule has 5 heteroatoms. The Bertz CT molecular complexity index is 510. The van der Waals surface area contributed by atoms with Crippen LogP contribution in [0.15, 0.2) is 24.4 Å². The number of aromatic nitrogens is 2. The van der Waals surface area contributed by atoms with Gasteiger partial charge in [-0.15, -0.1) is 0 Å². The minimum absolute atomic E-state index is 0.00120. The van der Waals surface area contributed by atoms with Gasteiger partial charge in [-0.05, 0) is 13.0 Å². The molecule has 0 aliphatic carbocycles. The van der Waals surface area contributed by atoms with Crippen LogP contribution >= 0.6 is 0 Å². The van der Waals surface area contributed by atoms with Crippen molar-refractivity contribution in [2.45, 2.75) is 6.92 Å². The van der Waals surface area contributed by atoms with E-state index >= 15 is 0 Å². The highest BCUT2D eigenvalue weighted by Crippen LogP contribution is 2.21. The highest BCUT2D eigenvalue weighted by molar-refractivity contribution is 5.83. The Hall–Kier alpha value is -2.04. The van der Waals surface area contributed by atoms with Crippen LogP contribution in [0.5, 0.6) is 0 Å². The summed E-state index contributed by atoms with van der Waals surface area (Å²) in [6, 6.07) is 4.73. The summed E-state index contributed by atoms with van der Waals surface area (Å²) in [5, 5.41) is 10.7. The first-order chi connectivity index (χ1) is 6.68. The molecule has 0 amide bonds. The fourth-order valence-corrected chi connectivity index (χ4v) is 1.25. The number of rotatable bonds is 1. The van der Waals surface area contributed by atoms with Crippen molar-refractivity contribution in [2.24, 2.45) is 0 Å². The molecule has 0 saturated carbocycles. The predicted octanol–water partition coefficient (Wildman–Crippen LogP) is 1.85. The molecule has 0 fully saturated rings. The van der Waals surface area contributed by atoms with Crippen LogP contribution in [0.25, 0.3) is 11.0 Å². The van der Waals surface area contributed by atoms with Crippen LogP contribution in [0.4, 0.5) is 5.69 Å². The number of nitro benzene ring substituents is 1. The van der Waals surface area contributed by atoms with E-state index in [0.717, 1.165) is 0 Å². The number of fused-ring (bicyclic) bond motifs is 1. The molecule has 0 radical (unpaired) electrons. The van der Waals surface area contributed by atoms with Gasteiger partial charge in [-0.2, -0.15) is 0 Å². The van der Waals surface area contributed by atoms with Crippen molar-refractivity contribution in [2.75, 3.05) is 0 Å². The molecule has 0 N–H and O–H groups in total. The third-order valence-electron chi connectivity index (χ3n) is 1.87. The van der Waals surface area contributed by atoms with E-state index in [0.29, 0.717) is 16.7 Å². The van der Waals surface area contributed by atoms with E-state index < -0.39 is 4.92 Å². The minimum atomic E-state index is -0.448. The Balaban J connectivity index is 2.84. The van der Waals surface area contributed by atoms with Gasteiger partial charge in [0.25, 0.3) is 5.69 Å².